The average molecular weight is 645 g/mol. The van der Waals surface area contributed by atoms with Crippen molar-refractivity contribution >= 4 is 73.9 Å². The predicted molar refractivity (Wildman–Crippen MR) is 162 cm³/mol. The third-order valence-corrected chi connectivity index (χ3v) is 9.57. The molecule has 2 atom stereocenters. The van der Waals surface area contributed by atoms with E-state index in [2.05, 4.69) is 5.32 Å². The van der Waals surface area contributed by atoms with E-state index in [0.29, 0.717) is 17.0 Å². The number of nitrogens with zero attached hydrogens (tertiary/aromatic N) is 2. The van der Waals surface area contributed by atoms with Crippen LogP contribution in [0.5, 0.6) is 0 Å². The zero-order valence-electron chi connectivity index (χ0n) is 22.1. The lowest BCUT2D eigenvalue weighted by atomic mass is 10.1. The minimum absolute atomic E-state index is 0.0209. The molecule has 0 aromatic heterocycles. The third-order valence-electron chi connectivity index (χ3n) is 6.31. The second-order valence-electron chi connectivity index (χ2n) is 9.19. The van der Waals surface area contributed by atoms with Gasteiger partial charge in [-0.2, -0.15) is 0 Å². The van der Waals surface area contributed by atoms with Crippen LogP contribution in [-0.2, 0) is 26.2 Å². The van der Waals surface area contributed by atoms with Crippen LogP contribution < -0.4 is 9.62 Å². The number of carbonyl (C=O) groups excluding carboxylic acids is 2. The minimum Gasteiger partial charge on any atom is -0.352 e. The van der Waals surface area contributed by atoms with Gasteiger partial charge < -0.3 is 10.2 Å². The molecule has 7 nitrogen and oxygen atoms in total. The van der Waals surface area contributed by atoms with E-state index >= 15 is 0 Å². The minimum atomic E-state index is -4.22. The maximum atomic E-state index is 13.9. The summed E-state index contributed by atoms with van der Waals surface area (Å²) in [6.07, 6.45) is 0.694. The molecule has 40 heavy (non-hydrogen) atoms. The van der Waals surface area contributed by atoms with Crippen molar-refractivity contribution < 1.29 is 18.0 Å². The van der Waals surface area contributed by atoms with Gasteiger partial charge in [0, 0.05) is 12.6 Å². The summed E-state index contributed by atoms with van der Waals surface area (Å²) in [7, 11) is -4.22. The number of hydrogen-bond donors (Lipinski definition) is 1. The molecule has 214 valence electrons. The summed E-state index contributed by atoms with van der Waals surface area (Å²) in [5.41, 5.74) is 0.746. The number of sulfonamides is 1. The number of amides is 2. The highest BCUT2D eigenvalue weighted by molar-refractivity contribution is 7.92. The first-order chi connectivity index (χ1) is 18.8. The Morgan fingerprint density at radius 1 is 0.850 bits per heavy atom. The molecular formula is C28H29Cl4N3O4S. The fourth-order valence-corrected chi connectivity index (χ4v) is 5.81. The van der Waals surface area contributed by atoms with Crippen LogP contribution in [0.25, 0.3) is 0 Å². The van der Waals surface area contributed by atoms with Crippen LogP contribution in [0, 0.1) is 0 Å². The fraction of sp³-hybridized carbons (Fsp3) is 0.286. The van der Waals surface area contributed by atoms with Crippen LogP contribution in [0.2, 0.25) is 20.1 Å². The molecule has 0 unspecified atom stereocenters. The van der Waals surface area contributed by atoms with Gasteiger partial charge in [0.05, 0.1) is 30.7 Å². The van der Waals surface area contributed by atoms with E-state index in [0.717, 1.165) is 4.31 Å². The van der Waals surface area contributed by atoms with Crippen molar-refractivity contribution in [3.05, 3.63) is 92.4 Å². The first kappa shape index (κ1) is 32.0. The van der Waals surface area contributed by atoms with Gasteiger partial charge in [-0.15, -0.1) is 0 Å². The zero-order chi connectivity index (χ0) is 29.6. The van der Waals surface area contributed by atoms with Crippen LogP contribution in [0.15, 0.2) is 71.6 Å². The van der Waals surface area contributed by atoms with Crippen molar-refractivity contribution in [1.82, 2.24) is 10.2 Å². The molecule has 2 amide bonds. The molecule has 3 aromatic carbocycles. The molecule has 3 rings (SSSR count). The summed E-state index contributed by atoms with van der Waals surface area (Å²) in [5.74, 6) is -1.00. The van der Waals surface area contributed by atoms with E-state index in [9.17, 15) is 18.0 Å². The summed E-state index contributed by atoms with van der Waals surface area (Å²) in [4.78, 5) is 28.3. The molecule has 0 heterocycles. The van der Waals surface area contributed by atoms with Crippen LogP contribution in [0.4, 0.5) is 5.69 Å². The Kier molecular flexibility index (Phi) is 11.1. The number of nitrogens with one attached hydrogen (secondary N) is 1. The third kappa shape index (κ3) is 7.83. The number of hydrogen-bond acceptors (Lipinski definition) is 4. The topological polar surface area (TPSA) is 86.8 Å². The lowest BCUT2D eigenvalue weighted by Gasteiger charge is -2.32. The molecule has 0 aliphatic heterocycles. The van der Waals surface area contributed by atoms with Crippen molar-refractivity contribution in [1.29, 1.82) is 0 Å². The summed E-state index contributed by atoms with van der Waals surface area (Å²) >= 11 is 24.6. The lowest BCUT2D eigenvalue weighted by Crippen LogP contribution is -2.52. The van der Waals surface area contributed by atoms with E-state index in [-0.39, 0.29) is 44.1 Å². The number of anilines is 1. The van der Waals surface area contributed by atoms with Gasteiger partial charge in [-0.3, -0.25) is 13.9 Å². The Labute approximate surface area is 255 Å². The highest BCUT2D eigenvalue weighted by Crippen LogP contribution is 2.31. The van der Waals surface area contributed by atoms with Gasteiger partial charge in [-0.05, 0) is 68.3 Å². The van der Waals surface area contributed by atoms with Crippen LogP contribution in [0.3, 0.4) is 0 Å². The number of carbonyl (C=O) groups is 2. The van der Waals surface area contributed by atoms with Gasteiger partial charge in [0.2, 0.25) is 11.8 Å². The van der Waals surface area contributed by atoms with E-state index < -0.39 is 28.5 Å². The molecule has 3 aromatic rings. The predicted octanol–water partition coefficient (Wildman–Crippen LogP) is 6.83. The highest BCUT2D eigenvalue weighted by atomic mass is 35.5. The molecule has 0 bridgehead atoms. The SMILES string of the molecule is CC[C@@H](C)NC(=O)[C@@H](C)N(Cc1ccc(Cl)c(Cl)c1)C(=O)CN(c1ccc(Cl)c(Cl)c1)S(=O)(=O)c1ccccc1. The second-order valence-corrected chi connectivity index (χ2v) is 12.7. The fourth-order valence-electron chi connectivity index (χ4n) is 3.77. The molecule has 0 radical (unpaired) electrons. The molecule has 0 fully saturated rings. The first-order valence-electron chi connectivity index (χ1n) is 12.4. The summed E-state index contributed by atoms with van der Waals surface area (Å²) in [6, 6.07) is 15.8. The van der Waals surface area contributed by atoms with E-state index in [1.807, 2.05) is 13.8 Å². The van der Waals surface area contributed by atoms with E-state index in [4.69, 9.17) is 46.4 Å². The number of rotatable bonds is 11. The average Bonchev–Trinajstić information content (AvgIpc) is 2.93. The first-order valence-corrected chi connectivity index (χ1v) is 15.4. The lowest BCUT2D eigenvalue weighted by molar-refractivity contribution is -0.139. The molecular weight excluding hydrogens is 616 g/mol. The van der Waals surface area contributed by atoms with Gasteiger partial charge in [0.15, 0.2) is 0 Å². The summed E-state index contributed by atoms with van der Waals surface area (Å²) < 4.78 is 28.5. The monoisotopic (exact) mass is 643 g/mol. The Morgan fingerprint density at radius 3 is 2.02 bits per heavy atom. The quantitative estimate of drug-likeness (QED) is 0.248. The molecule has 0 saturated heterocycles. The van der Waals surface area contributed by atoms with Crippen LogP contribution in [-0.4, -0.2) is 43.8 Å². The van der Waals surface area contributed by atoms with Gasteiger partial charge in [-0.1, -0.05) is 77.6 Å². The Morgan fingerprint density at radius 2 is 1.45 bits per heavy atom. The number of benzene rings is 3. The van der Waals surface area contributed by atoms with Crippen molar-refractivity contribution in [2.75, 3.05) is 10.8 Å². The van der Waals surface area contributed by atoms with Gasteiger partial charge in [0.25, 0.3) is 10.0 Å². The highest BCUT2D eigenvalue weighted by Gasteiger charge is 2.33. The van der Waals surface area contributed by atoms with Crippen molar-refractivity contribution in [2.45, 2.75) is 50.7 Å². The van der Waals surface area contributed by atoms with Crippen molar-refractivity contribution in [2.24, 2.45) is 0 Å². The molecule has 1 N–H and O–H groups in total. The summed E-state index contributed by atoms with van der Waals surface area (Å²) in [6.45, 7) is 4.73. The zero-order valence-corrected chi connectivity index (χ0v) is 25.9. The van der Waals surface area contributed by atoms with Gasteiger partial charge in [0.1, 0.15) is 12.6 Å². The Balaban J connectivity index is 2.05. The molecule has 0 aliphatic rings. The maximum Gasteiger partial charge on any atom is 0.264 e. The molecule has 0 saturated carbocycles. The number of halogens is 4. The largest absolute Gasteiger partial charge is 0.352 e. The Bertz CT molecular complexity index is 1470. The smallest absolute Gasteiger partial charge is 0.264 e. The van der Waals surface area contributed by atoms with Gasteiger partial charge >= 0.3 is 0 Å². The Hall–Kier alpha value is -2.49. The normalized spacial score (nSPS) is 12.9. The standard InChI is InChI=1S/C28H29Cl4N3O4S/c1-4-18(2)33-28(37)19(3)34(16-20-10-12-23(29)25(31)14-20)27(36)17-35(21-11-13-24(30)26(32)15-21)40(38,39)22-8-6-5-7-9-22/h5-15,18-19H,4,16-17H2,1-3H3,(H,33,37)/t18-,19-/m1/s1. The van der Waals surface area contributed by atoms with Crippen molar-refractivity contribution in [3.63, 3.8) is 0 Å². The van der Waals surface area contributed by atoms with Crippen LogP contribution in [0.1, 0.15) is 32.8 Å². The molecule has 0 aliphatic carbocycles. The molecule has 12 heteroatoms. The second kappa shape index (κ2) is 13.9. The van der Waals surface area contributed by atoms with E-state index in [1.54, 1.807) is 43.3 Å². The van der Waals surface area contributed by atoms with Crippen LogP contribution >= 0.6 is 46.4 Å². The summed E-state index contributed by atoms with van der Waals surface area (Å²) in [5, 5.41) is 3.85. The maximum absolute atomic E-state index is 13.9. The van der Waals surface area contributed by atoms with E-state index in [1.165, 1.54) is 35.2 Å². The van der Waals surface area contributed by atoms with Gasteiger partial charge in [-0.25, -0.2) is 8.42 Å². The van der Waals surface area contributed by atoms with Crippen molar-refractivity contribution in [3.8, 4) is 0 Å². The molecule has 0 spiro atoms.